The lowest BCUT2D eigenvalue weighted by Gasteiger charge is -2.30. The Labute approximate surface area is 118 Å². The third-order valence-electron chi connectivity index (χ3n) is 2.62. The van der Waals surface area contributed by atoms with Gasteiger partial charge in [-0.3, -0.25) is 4.90 Å². The van der Waals surface area contributed by atoms with E-state index in [2.05, 4.69) is 0 Å². The second-order valence-electron chi connectivity index (χ2n) is 5.40. The number of likely N-dealkylation sites (N-methyl/N-ethyl adjacent to an activating group) is 1. The molecule has 1 atom stereocenters. The highest BCUT2D eigenvalue weighted by atomic mass is 19.1. The Balaban J connectivity index is 3.01. The first kappa shape index (κ1) is 16.1. The molecule has 0 bridgehead atoms. The topological polar surface area (TPSA) is 46.6 Å². The molecule has 0 saturated heterocycles. The molecule has 1 aromatic carbocycles. The van der Waals surface area contributed by atoms with Crippen LogP contribution in [0.25, 0.3) is 0 Å². The normalized spacial score (nSPS) is 12.7. The molecule has 0 spiro atoms. The standard InChI is InChI=1S/C15H20FNO3/c1-5-17(14(19)20-15(2,3)4)13(10-18)11-7-6-8-12(16)9-11/h6-10,13H,5H2,1-4H3. The van der Waals surface area contributed by atoms with E-state index in [4.69, 9.17) is 4.74 Å². The number of rotatable bonds is 4. The van der Waals surface area contributed by atoms with E-state index >= 15 is 0 Å². The molecule has 1 aromatic rings. The molecule has 0 heterocycles. The van der Waals surface area contributed by atoms with Crippen LogP contribution in [0, 0.1) is 5.82 Å². The lowest BCUT2D eigenvalue weighted by Crippen LogP contribution is -2.39. The number of carbonyl (C=O) groups excluding carboxylic acids is 2. The van der Waals surface area contributed by atoms with E-state index < -0.39 is 23.6 Å². The number of nitrogens with zero attached hydrogens (tertiary/aromatic N) is 1. The maximum Gasteiger partial charge on any atom is 0.411 e. The summed E-state index contributed by atoms with van der Waals surface area (Å²) in [4.78, 5) is 24.7. The Morgan fingerprint density at radius 1 is 1.45 bits per heavy atom. The lowest BCUT2D eigenvalue weighted by atomic mass is 10.1. The van der Waals surface area contributed by atoms with E-state index in [0.717, 1.165) is 0 Å². The van der Waals surface area contributed by atoms with Crippen molar-refractivity contribution in [1.82, 2.24) is 4.90 Å². The highest BCUT2D eigenvalue weighted by molar-refractivity contribution is 5.75. The molecule has 0 fully saturated rings. The predicted molar refractivity (Wildman–Crippen MR) is 73.8 cm³/mol. The zero-order valence-electron chi connectivity index (χ0n) is 12.2. The molecule has 5 heteroatoms. The molecular weight excluding hydrogens is 261 g/mol. The summed E-state index contributed by atoms with van der Waals surface area (Å²) in [5, 5.41) is 0. The summed E-state index contributed by atoms with van der Waals surface area (Å²) in [6.45, 7) is 7.26. The number of benzene rings is 1. The summed E-state index contributed by atoms with van der Waals surface area (Å²) < 4.78 is 18.5. The van der Waals surface area contributed by atoms with Gasteiger partial charge < -0.3 is 9.53 Å². The summed E-state index contributed by atoms with van der Waals surface area (Å²) in [6.07, 6.45) is 0.0173. The Kier molecular flexibility index (Phi) is 5.25. The zero-order chi connectivity index (χ0) is 15.3. The van der Waals surface area contributed by atoms with Crippen molar-refractivity contribution in [2.24, 2.45) is 0 Å². The first-order chi connectivity index (χ1) is 9.28. The SMILES string of the molecule is CCN(C(=O)OC(C)(C)C)C(C=O)c1cccc(F)c1. The van der Waals surface area contributed by atoms with E-state index in [1.54, 1.807) is 33.8 Å². The second-order valence-corrected chi connectivity index (χ2v) is 5.40. The molecule has 1 amide bonds. The molecule has 110 valence electrons. The summed E-state index contributed by atoms with van der Waals surface area (Å²) in [5.41, 5.74) is -0.229. The zero-order valence-corrected chi connectivity index (χ0v) is 12.2. The molecule has 0 radical (unpaired) electrons. The molecular formula is C15H20FNO3. The van der Waals surface area contributed by atoms with Gasteiger partial charge in [0, 0.05) is 6.54 Å². The van der Waals surface area contributed by atoms with Gasteiger partial charge in [0.15, 0.2) is 0 Å². The first-order valence-corrected chi connectivity index (χ1v) is 6.49. The average molecular weight is 281 g/mol. The average Bonchev–Trinajstić information content (AvgIpc) is 2.33. The Bertz CT molecular complexity index is 482. The van der Waals surface area contributed by atoms with Crippen molar-refractivity contribution in [1.29, 1.82) is 0 Å². The van der Waals surface area contributed by atoms with Gasteiger partial charge >= 0.3 is 6.09 Å². The van der Waals surface area contributed by atoms with E-state index in [1.165, 1.54) is 23.1 Å². The molecule has 20 heavy (non-hydrogen) atoms. The highest BCUT2D eigenvalue weighted by Crippen LogP contribution is 2.22. The van der Waals surface area contributed by atoms with Crippen molar-refractivity contribution in [3.8, 4) is 0 Å². The van der Waals surface area contributed by atoms with Crippen LogP contribution < -0.4 is 0 Å². The molecule has 0 saturated carbocycles. The van der Waals surface area contributed by atoms with Gasteiger partial charge in [-0.15, -0.1) is 0 Å². The summed E-state index contributed by atoms with van der Waals surface area (Å²) in [6, 6.07) is 4.78. The van der Waals surface area contributed by atoms with Crippen LogP contribution in [0.4, 0.5) is 9.18 Å². The van der Waals surface area contributed by atoms with Gasteiger partial charge in [0.1, 0.15) is 23.7 Å². The van der Waals surface area contributed by atoms with Crippen LogP contribution in [0.3, 0.4) is 0 Å². The fraction of sp³-hybridized carbons (Fsp3) is 0.467. The van der Waals surface area contributed by atoms with Gasteiger partial charge in [-0.25, -0.2) is 9.18 Å². The van der Waals surface area contributed by atoms with E-state index in [-0.39, 0.29) is 6.54 Å². The van der Waals surface area contributed by atoms with E-state index in [9.17, 15) is 14.0 Å². The van der Waals surface area contributed by atoms with Crippen LogP contribution >= 0.6 is 0 Å². The first-order valence-electron chi connectivity index (χ1n) is 6.49. The van der Waals surface area contributed by atoms with Crippen molar-refractivity contribution in [2.45, 2.75) is 39.3 Å². The Morgan fingerprint density at radius 3 is 2.55 bits per heavy atom. The number of hydrogen-bond donors (Lipinski definition) is 0. The Hall–Kier alpha value is -1.91. The van der Waals surface area contributed by atoms with Crippen LogP contribution in [-0.4, -0.2) is 29.4 Å². The fourth-order valence-electron chi connectivity index (χ4n) is 1.78. The third-order valence-corrected chi connectivity index (χ3v) is 2.62. The maximum atomic E-state index is 13.3. The van der Waals surface area contributed by atoms with Crippen molar-refractivity contribution in [3.63, 3.8) is 0 Å². The quantitative estimate of drug-likeness (QED) is 0.795. The van der Waals surface area contributed by atoms with Crippen LogP contribution in [0.1, 0.15) is 39.3 Å². The highest BCUT2D eigenvalue weighted by Gasteiger charge is 2.28. The predicted octanol–water partition coefficient (Wildman–Crippen LogP) is 3.32. The number of ether oxygens (including phenoxy) is 1. The van der Waals surface area contributed by atoms with Crippen molar-refractivity contribution in [3.05, 3.63) is 35.6 Å². The number of halogens is 1. The van der Waals surface area contributed by atoms with Gasteiger partial charge in [-0.2, -0.15) is 0 Å². The Morgan fingerprint density at radius 2 is 2.10 bits per heavy atom. The van der Waals surface area contributed by atoms with Crippen LogP contribution in [-0.2, 0) is 9.53 Å². The lowest BCUT2D eigenvalue weighted by molar-refractivity contribution is -0.112. The summed E-state index contributed by atoms with van der Waals surface area (Å²) in [5.74, 6) is -0.449. The van der Waals surface area contributed by atoms with Gasteiger partial charge in [0.2, 0.25) is 0 Å². The summed E-state index contributed by atoms with van der Waals surface area (Å²) >= 11 is 0. The number of carbonyl (C=O) groups is 2. The second kappa shape index (κ2) is 6.50. The van der Waals surface area contributed by atoms with E-state index in [0.29, 0.717) is 11.8 Å². The van der Waals surface area contributed by atoms with E-state index in [1.807, 2.05) is 0 Å². The minimum absolute atomic E-state index is 0.287. The molecule has 4 nitrogen and oxygen atoms in total. The minimum atomic E-state index is -0.856. The van der Waals surface area contributed by atoms with Crippen LogP contribution in [0.2, 0.25) is 0 Å². The van der Waals surface area contributed by atoms with Crippen molar-refractivity contribution in [2.75, 3.05) is 6.54 Å². The molecule has 0 aliphatic carbocycles. The smallest absolute Gasteiger partial charge is 0.411 e. The molecule has 1 unspecified atom stereocenters. The molecule has 0 aromatic heterocycles. The number of amides is 1. The summed E-state index contributed by atoms with van der Waals surface area (Å²) in [7, 11) is 0. The molecule has 1 rings (SSSR count). The van der Waals surface area contributed by atoms with Gasteiger partial charge in [0.25, 0.3) is 0 Å². The van der Waals surface area contributed by atoms with Crippen LogP contribution in [0.15, 0.2) is 24.3 Å². The van der Waals surface area contributed by atoms with Crippen LogP contribution in [0.5, 0.6) is 0 Å². The van der Waals surface area contributed by atoms with Crippen molar-refractivity contribution >= 4 is 12.4 Å². The number of aldehydes is 1. The maximum absolute atomic E-state index is 13.3. The minimum Gasteiger partial charge on any atom is -0.444 e. The van der Waals surface area contributed by atoms with Crippen molar-refractivity contribution < 1.29 is 18.7 Å². The fourth-order valence-corrected chi connectivity index (χ4v) is 1.78. The molecule has 0 aliphatic heterocycles. The molecule has 0 aliphatic rings. The molecule has 0 N–H and O–H groups in total. The van der Waals surface area contributed by atoms with Gasteiger partial charge in [0.05, 0.1) is 0 Å². The number of hydrogen-bond acceptors (Lipinski definition) is 3. The monoisotopic (exact) mass is 281 g/mol. The van der Waals surface area contributed by atoms with Gasteiger partial charge in [-0.05, 0) is 45.4 Å². The third kappa shape index (κ3) is 4.33. The van der Waals surface area contributed by atoms with Gasteiger partial charge in [-0.1, -0.05) is 12.1 Å². The largest absolute Gasteiger partial charge is 0.444 e.